The summed E-state index contributed by atoms with van der Waals surface area (Å²) in [6.45, 7) is 1.46. The van der Waals surface area contributed by atoms with E-state index in [1.54, 1.807) is 18.3 Å². The molecule has 1 aliphatic heterocycles. The number of amides is 2. The van der Waals surface area contributed by atoms with Gasteiger partial charge in [-0.25, -0.2) is 0 Å². The second kappa shape index (κ2) is 6.26. The van der Waals surface area contributed by atoms with E-state index in [9.17, 15) is 9.59 Å². The van der Waals surface area contributed by atoms with Gasteiger partial charge >= 0.3 is 0 Å². The van der Waals surface area contributed by atoms with Gasteiger partial charge in [-0.2, -0.15) is 0 Å². The minimum Gasteiger partial charge on any atom is -0.361 e. The molecule has 0 saturated heterocycles. The fourth-order valence-electron chi connectivity index (χ4n) is 2.32. The second-order valence-electron chi connectivity index (χ2n) is 5.10. The summed E-state index contributed by atoms with van der Waals surface area (Å²) in [5.74, 6) is -0.251. The van der Waals surface area contributed by atoms with E-state index in [1.807, 2.05) is 30.3 Å². The van der Waals surface area contributed by atoms with Crippen molar-refractivity contribution >= 4 is 50.4 Å². The van der Waals surface area contributed by atoms with Gasteiger partial charge in [0.1, 0.15) is 0 Å². The maximum atomic E-state index is 12.1. The van der Waals surface area contributed by atoms with Crippen LogP contribution in [-0.4, -0.2) is 11.8 Å². The number of anilines is 3. The fraction of sp³-hybridized carbons (Fsp3) is 0.0588. The van der Waals surface area contributed by atoms with E-state index in [0.29, 0.717) is 5.57 Å². The number of benzene rings is 2. The van der Waals surface area contributed by atoms with Gasteiger partial charge in [-0.3, -0.25) is 9.59 Å². The van der Waals surface area contributed by atoms with Crippen LogP contribution in [0.2, 0.25) is 0 Å². The van der Waals surface area contributed by atoms with Gasteiger partial charge in [-0.05, 0) is 36.4 Å². The molecule has 3 N–H and O–H groups in total. The third kappa shape index (κ3) is 3.43. The van der Waals surface area contributed by atoms with E-state index in [0.717, 1.165) is 27.1 Å². The maximum absolute atomic E-state index is 12.1. The number of rotatable bonds is 3. The molecule has 1 heterocycles. The predicted molar refractivity (Wildman–Crippen MR) is 95.1 cm³/mol. The molecule has 6 heteroatoms. The van der Waals surface area contributed by atoms with Crippen molar-refractivity contribution in [3.8, 4) is 0 Å². The van der Waals surface area contributed by atoms with Gasteiger partial charge in [0.15, 0.2) is 0 Å². The Labute approximate surface area is 141 Å². The highest BCUT2D eigenvalue weighted by atomic mass is 79.9. The number of hydrogen-bond donors (Lipinski definition) is 3. The average Bonchev–Trinajstić information content (AvgIpc) is 2.80. The molecule has 0 atom stereocenters. The van der Waals surface area contributed by atoms with Crippen molar-refractivity contribution in [2.45, 2.75) is 6.92 Å². The summed E-state index contributed by atoms with van der Waals surface area (Å²) >= 11 is 3.39. The molecular weight excluding hydrogens is 358 g/mol. The van der Waals surface area contributed by atoms with Gasteiger partial charge in [-0.15, -0.1) is 0 Å². The first-order valence-corrected chi connectivity index (χ1v) is 7.78. The third-order valence-corrected chi connectivity index (χ3v) is 3.85. The molecule has 2 aromatic rings. The van der Waals surface area contributed by atoms with Crippen LogP contribution < -0.4 is 16.0 Å². The number of carbonyl (C=O) groups is 2. The molecule has 0 unspecified atom stereocenters. The number of nitrogens with one attached hydrogen (secondary N) is 3. The van der Waals surface area contributed by atoms with Crippen LogP contribution in [-0.2, 0) is 9.59 Å². The molecule has 3 rings (SSSR count). The Hall–Kier alpha value is -2.60. The SMILES string of the molecule is CC(=O)Nc1ccc(N/C=C2\C(=O)Nc3cc(Br)ccc32)cc1. The van der Waals surface area contributed by atoms with E-state index in [1.165, 1.54) is 6.92 Å². The van der Waals surface area contributed by atoms with Gasteiger partial charge in [0, 0.05) is 34.5 Å². The molecule has 5 nitrogen and oxygen atoms in total. The zero-order valence-corrected chi connectivity index (χ0v) is 13.9. The van der Waals surface area contributed by atoms with Crippen molar-refractivity contribution in [2.75, 3.05) is 16.0 Å². The molecule has 0 bridgehead atoms. The molecule has 2 amide bonds. The summed E-state index contributed by atoms with van der Waals surface area (Å²) in [6, 6.07) is 12.9. The molecule has 1 aliphatic rings. The summed E-state index contributed by atoms with van der Waals surface area (Å²) in [5.41, 5.74) is 3.78. The molecule has 23 heavy (non-hydrogen) atoms. The Morgan fingerprint density at radius 3 is 2.52 bits per heavy atom. The largest absolute Gasteiger partial charge is 0.361 e. The maximum Gasteiger partial charge on any atom is 0.257 e. The Morgan fingerprint density at radius 1 is 1.13 bits per heavy atom. The number of fused-ring (bicyclic) bond motifs is 1. The fourth-order valence-corrected chi connectivity index (χ4v) is 2.68. The topological polar surface area (TPSA) is 70.2 Å². The highest BCUT2D eigenvalue weighted by Crippen LogP contribution is 2.33. The minimum atomic E-state index is -0.138. The first-order chi connectivity index (χ1) is 11.0. The van der Waals surface area contributed by atoms with Crippen LogP contribution >= 0.6 is 15.9 Å². The van der Waals surface area contributed by atoms with E-state index < -0.39 is 0 Å². The molecule has 2 aromatic carbocycles. The zero-order chi connectivity index (χ0) is 16.4. The molecule has 0 aromatic heterocycles. The van der Waals surface area contributed by atoms with Crippen LogP contribution in [0.4, 0.5) is 17.1 Å². The van der Waals surface area contributed by atoms with Crippen LogP contribution in [0.25, 0.3) is 5.57 Å². The number of hydrogen-bond acceptors (Lipinski definition) is 3. The standard InChI is InChI=1S/C17H14BrN3O2/c1-10(22)20-13-5-3-12(4-6-13)19-9-15-14-7-2-11(18)8-16(14)21-17(15)23/h2-9,19H,1H3,(H,20,22)(H,21,23)/b15-9-. The number of carbonyl (C=O) groups excluding carboxylic acids is 2. The summed E-state index contributed by atoms with van der Waals surface area (Å²) in [4.78, 5) is 23.0. The predicted octanol–water partition coefficient (Wildman–Crippen LogP) is 3.81. The van der Waals surface area contributed by atoms with Crippen molar-refractivity contribution in [1.29, 1.82) is 0 Å². The molecule has 0 spiro atoms. The van der Waals surface area contributed by atoms with Crippen LogP contribution in [0.1, 0.15) is 12.5 Å². The van der Waals surface area contributed by atoms with Gasteiger partial charge < -0.3 is 16.0 Å². The minimum absolute atomic E-state index is 0.113. The first kappa shape index (κ1) is 15.3. The Balaban J connectivity index is 1.78. The molecule has 0 radical (unpaired) electrons. The summed E-state index contributed by atoms with van der Waals surface area (Å²) in [5, 5.41) is 8.64. The van der Waals surface area contributed by atoms with Crippen LogP contribution in [0.5, 0.6) is 0 Å². The summed E-state index contributed by atoms with van der Waals surface area (Å²) in [7, 11) is 0. The van der Waals surface area contributed by atoms with Crippen LogP contribution in [0.15, 0.2) is 53.1 Å². The van der Waals surface area contributed by atoms with Crippen molar-refractivity contribution < 1.29 is 9.59 Å². The van der Waals surface area contributed by atoms with Crippen molar-refractivity contribution in [3.63, 3.8) is 0 Å². The van der Waals surface area contributed by atoms with Crippen LogP contribution in [0, 0.1) is 0 Å². The summed E-state index contributed by atoms with van der Waals surface area (Å²) < 4.78 is 0.916. The van der Waals surface area contributed by atoms with E-state index in [-0.39, 0.29) is 11.8 Å². The number of halogens is 1. The van der Waals surface area contributed by atoms with E-state index in [2.05, 4.69) is 31.9 Å². The molecule has 0 aliphatic carbocycles. The zero-order valence-electron chi connectivity index (χ0n) is 12.3. The lowest BCUT2D eigenvalue weighted by atomic mass is 10.1. The monoisotopic (exact) mass is 371 g/mol. The highest BCUT2D eigenvalue weighted by molar-refractivity contribution is 9.10. The Kier molecular flexibility index (Phi) is 4.16. The van der Waals surface area contributed by atoms with Crippen LogP contribution in [0.3, 0.4) is 0 Å². The third-order valence-electron chi connectivity index (χ3n) is 3.35. The Bertz CT molecular complexity index is 813. The molecular formula is C17H14BrN3O2. The van der Waals surface area contributed by atoms with Gasteiger partial charge in [0.2, 0.25) is 5.91 Å². The second-order valence-corrected chi connectivity index (χ2v) is 6.02. The van der Waals surface area contributed by atoms with Gasteiger partial charge in [0.25, 0.3) is 5.91 Å². The van der Waals surface area contributed by atoms with Crippen molar-refractivity contribution in [1.82, 2.24) is 0 Å². The molecule has 0 saturated carbocycles. The lowest BCUT2D eigenvalue weighted by Gasteiger charge is -2.05. The average molecular weight is 372 g/mol. The first-order valence-electron chi connectivity index (χ1n) is 6.98. The lowest BCUT2D eigenvalue weighted by molar-refractivity contribution is -0.114. The normalized spacial score (nSPS) is 14.3. The van der Waals surface area contributed by atoms with E-state index in [4.69, 9.17) is 0 Å². The van der Waals surface area contributed by atoms with Gasteiger partial charge in [-0.1, -0.05) is 22.0 Å². The molecule has 0 fully saturated rings. The Morgan fingerprint density at radius 2 is 1.83 bits per heavy atom. The quantitative estimate of drug-likeness (QED) is 0.718. The van der Waals surface area contributed by atoms with Crippen molar-refractivity contribution in [3.05, 3.63) is 58.7 Å². The smallest absolute Gasteiger partial charge is 0.257 e. The van der Waals surface area contributed by atoms with Gasteiger partial charge in [0.05, 0.1) is 11.3 Å². The van der Waals surface area contributed by atoms with E-state index >= 15 is 0 Å². The summed E-state index contributed by atoms with van der Waals surface area (Å²) in [6.07, 6.45) is 1.68. The lowest BCUT2D eigenvalue weighted by Crippen LogP contribution is -2.06. The molecule has 116 valence electrons. The highest BCUT2D eigenvalue weighted by Gasteiger charge is 2.23. The van der Waals surface area contributed by atoms with Crippen molar-refractivity contribution in [2.24, 2.45) is 0 Å².